The fraction of sp³-hybridized carbons (Fsp3) is 0.174. The smallest absolute Gasteiger partial charge is 0.304 e. The molecule has 0 radical (unpaired) electrons. The number of nitrogens with one attached hydrogen (secondary N) is 1. The number of aromatic nitrogens is 4. The molecular weight excluding hydrogens is 543 g/mol. The summed E-state index contributed by atoms with van der Waals surface area (Å²) in [6.45, 7) is 3.58. The first-order valence-corrected chi connectivity index (χ1v) is 11.6. The minimum absolute atomic E-state index is 0.0176. The van der Waals surface area contributed by atoms with Gasteiger partial charge in [0.25, 0.3) is 5.91 Å². The molecule has 0 aliphatic rings. The molecule has 0 aliphatic heterocycles. The summed E-state index contributed by atoms with van der Waals surface area (Å²) in [6.07, 6.45) is 1.62. The SMILES string of the molecule is Cc1nn(Cc2cccc(C(=O)Nc3nn(Cc4c(F)cccc4Cl)cc3Br)c2)c(C)c1[N+](=O)[O-]. The molecule has 0 atom stereocenters. The molecule has 1 amide bonds. The van der Waals surface area contributed by atoms with Crippen LogP contribution in [0, 0.1) is 29.8 Å². The van der Waals surface area contributed by atoms with E-state index in [9.17, 15) is 19.3 Å². The van der Waals surface area contributed by atoms with Gasteiger partial charge in [-0.3, -0.25) is 24.3 Å². The fourth-order valence-electron chi connectivity index (χ4n) is 3.68. The second-order valence-electron chi connectivity index (χ2n) is 7.81. The van der Waals surface area contributed by atoms with Crippen LogP contribution in [0.15, 0.2) is 53.1 Å². The van der Waals surface area contributed by atoms with Crippen LogP contribution >= 0.6 is 27.5 Å². The molecule has 1 N–H and O–H groups in total. The highest BCUT2D eigenvalue weighted by Crippen LogP contribution is 2.25. The number of anilines is 1. The zero-order valence-electron chi connectivity index (χ0n) is 18.6. The van der Waals surface area contributed by atoms with Crippen LogP contribution < -0.4 is 5.32 Å². The van der Waals surface area contributed by atoms with Gasteiger partial charge in [0.1, 0.15) is 17.2 Å². The number of amides is 1. The second-order valence-corrected chi connectivity index (χ2v) is 9.07. The van der Waals surface area contributed by atoms with Crippen molar-refractivity contribution in [1.29, 1.82) is 0 Å². The number of rotatable bonds is 7. The van der Waals surface area contributed by atoms with Crippen LogP contribution in [-0.4, -0.2) is 30.4 Å². The summed E-state index contributed by atoms with van der Waals surface area (Å²) in [5.74, 6) is -0.581. The Morgan fingerprint density at radius 2 is 1.94 bits per heavy atom. The third kappa shape index (κ3) is 5.25. The second kappa shape index (κ2) is 9.96. The topological polar surface area (TPSA) is 108 Å². The molecule has 2 heterocycles. The van der Waals surface area contributed by atoms with Crippen LogP contribution in [-0.2, 0) is 13.1 Å². The van der Waals surface area contributed by atoms with E-state index in [0.29, 0.717) is 27.0 Å². The number of halogens is 3. The Bertz CT molecular complexity index is 1430. The Kier molecular flexibility index (Phi) is 6.99. The minimum atomic E-state index is -0.449. The lowest BCUT2D eigenvalue weighted by atomic mass is 10.1. The van der Waals surface area contributed by atoms with Crippen molar-refractivity contribution in [2.24, 2.45) is 0 Å². The van der Waals surface area contributed by atoms with E-state index in [1.54, 1.807) is 44.3 Å². The van der Waals surface area contributed by atoms with Gasteiger partial charge in [-0.15, -0.1) is 0 Å². The van der Waals surface area contributed by atoms with Crippen molar-refractivity contribution in [2.75, 3.05) is 5.32 Å². The largest absolute Gasteiger partial charge is 0.312 e. The summed E-state index contributed by atoms with van der Waals surface area (Å²) in [4.78, 5) is 23.7. The van der Waals surface area contributed by atoms with Crippen molar-refractivity contribution in [3.8, 4) is 0 Å². The summed E-state index contributed by atoms with van der Waals surface area (Å²) in [5.41, 5.74) is 2.16. The van der Waals surface area contributed by atoms with E-state index in [4.69, 9.17) is 11.6 Å². The lowest BCUT2D eigenvalue weighted by Crippen LogP contribution is -2.14. The van der Waals surface area contributed by atoms with Crippen LogP contribution in [0.1, 0.15) is 32.9 Å². The molecule has 0 spiro atoms. The third-order valence-electron chi connectivity index (χ3n) is 5.38. The predicted molar refractivity (Wildman–Crippen MR) is 132 cm³/mol. The van der Waals surface area contributed by atoms with E-state index in [0.717, 1.165) is 5.56 Å². The van der Waals surface area contributed by atoms with Crippen molar-refractivity contribution in [1.82, 2.24) is 19.6 Å². The first-order chi connectivity index (χ1) is 16.6. The first-order valence-electron chi connectivity index (χ1n) is 10.4. The number of nitro groups is 1. The minimum Gasteiger partial charge on any atom is -0.304 e. The first kappa shape index (κ1) is 24.6. The molecule has 4 aromatic rings. The summed E-state index contributed by atoms with van der Waals surface area (Å²) in [7, 11) is 0. The van der Waals surface area contributed by atoms with E-state index in [1.165, 1.54) is 21.5 Å². The Morgan fingerprint density at radius 3 is 2.63 bits per heavy atom. The number of hydrogen-bond acceptors (Lipinski definition) is 5. The highest BCUT2D eigenvalue weighted by Gasteiger charge is 2.22. The van der Waals surface area contributed by atoms with Crippen LogP contribution in [0.3, 0.4) is 0 Å². The van der Waals surface area contributed by atoms with Crippen LogP contribution in [0.2, 0.25) is 5.02 Å². The number of aryl methyl sites for hydroxylation is 1. The maximum atomic E-state index is 14.1. The number of benzene rings is 2. The molecule has 35 heavy (non-hydrogen) atoms. The van der Waals surface area contributed by atoms with Gasteiger partial charge in [-0.05, 0) is 59.6 Å². The molecule has 2 aromatic heterocycles. The number of carbonyl (C=O) groups excluding carboxylic acids is 1. The highest BCUT2D eigenvalue weighted by atomic mass is 79.9. The molecule has 4 rings (SSSR count). The van der Waals surface area contributed by atoms with Gasteiger partial charge in [0, 0.05) is 22.3 Å². The van der Waals surface area contributed by atoms with E-state index in [2.05, 4.69) is 31.4 Å². The summed E-state index contributed by atoms with van der Waals surface area (Å²) in [5, 5.41) is 22.8. The van der Waals surface area contributed by atoms with Crippen molar-refractivity contribution in [3.05, 3.63) is 102 Å². The molecule has 0 aliphatic carbocycles. The molecule has 0 fully saturated rings. The van der Waals surface area contributed by atoms with Gasteiger partial charge in [0.2, 0.25) is 0 Å². The lowest BCUT2D eigenvalue weighted by Gasteiger charge is -2.08. The Balaban J connectivity index is 1.50. The number of hydrogen-bond donors (Lipinski definition) is 1. The molecule has 12 heteroatoms. The van der Waals surface area contributed by atoms with Crippen molar-refractivity contribution >= 4 is 44.9 Å². The van der Waals surface area contributed by atoms with Crippen molar-refractivity contribution < 1.29 is 14.1 Å². The Hall–Kier alpha value is -3.57. The van der Waals surface area contributed by atoms with Gasteiger partial charge in [-0.25, -0.2) is 4.39 Å². The molecule has 0 saturated carbocycles. The fourth-order valence-corrected chi connectivity index (χ4v) is 4.31. The molecule has 0 unspecified atom stereocenters. The standard InChI is InChI=1S/C23H19BrClFN6O3/c1-13-21(32(34)35)14(2)31(28-13)10-15-5-3-6-16(9-15)23(33)27-22-18(24)12-30(29-22)11-17-19(25)7-4-8-20(17)26/h3-9,12H,10-11H2,1-2H3,(H,27,29,33). The van der Waals surface area contributed by atoms with Gasteiger partial charge < -0.3 is 5.32 Å². The zero-order chi connectivity index (χ0) is 25.3. The van der Waals surface area contributed by atoms with Crippen molar-refractivity contribution in [2.45, 2.75) is 26.9 Å². The molecule has 180 valence electrons. The van der Waals surface area contributed by atoms with Gasteiger partial charge in [0.15, 0.2) is 5.82 Å². The lowest BCUT2D eigenvalue weighted by molar-refractivity contribution is -0.386. The number of carbonyl (C=O) groups is 1. The van der Waals surface area contributed by atoms with Crippen molar-refractivity contribution in [3.63, 3.8) is 0 Å². The Morgan fingerprint density at radius 1 is 1.20 bits per heavy atom. The van der Waals surface area contributed by atoms with Gasteiger partial charge in [-0.1, -0.05) is 29.8 Å². The summed E-state index contributed by atoms with van der Waals surface area (Å²) in [6, 6.07) is 11.3. The average Bonchev–Trinajstić information content (AvgIpc) is 3.28. The van der Waals surface area contributed by atoms with E-state index < -0.39 is 16.6 Å². The molecule has 9 nitrogen and oxygen atoms in total. The predicted octanol–water partition coefficient (Wildman–Crippen LogP) is 5.51. The van der Waals surface area contributed by atoms with Gasteiger partial charge >= 0.3 is 5.69 Å². The molecule has 0 saturated heterocycles. The van der Waals surface area contributed by atoms with E-state index in [1.807, 2.05) is 6.07 Å². The van der Waals surface area contributed by atoms with Crippen LogP contribution in [0.25, 0.3) is 0 Å². The normalized spacial score (nSPS) is 11.0. The summed E-state index contributed by atoms with van der Waals surface area (Å²) >= 11 is 9.46. The van der Waals surface area contributed by atoms with E-state index in [-0.39, 0.29) is 29.6 Å². The maximum absolute atomic E-state index is 14.1. The Labute approximate surface area is 212 Å². The number of nitrogens with zero attached hydrogens (tertiary/aromatic N) is 5. The highest BCUT2D eigenvalue weighted by molar-refractivity contribution is 9.10. The molecule has 2 aromatic carbocycles. The van der Waals surface area contributed by atoms with Gasteiger partial charge in [-0.2, -0.15) is 10.2 Å². The molecular formula is C23H19BrClFN6O3. The third-order valence-corrected chi connectivity index (χ3v) is 6.31. The quantitative estimate of drug-likeness (QED) is 0.236. The van der Waals surface area contributed by atoms with E-state index >= 15 is 0 Å². The monoisotopic (exact) mass is 560 g/mol. The van der Waals surface area contributed by atoms with Crippen LogP contribution in [0.4, 0.5) is 15.9 Å². The zero-order valence-corrected chi connectivity index (χ0v) is 21.0. The molecule has 0 bridgehead atoms. The van der Waals surface area contributed by atoms with Crippen LogP contribution in [0.5, 0.6) is 0 Å². The summed E-state index contributed by atoms with van der Waals surface area (Å²) < 4.78 is 17.6. The maximum Gasteiger partial charge on any atom is 0.312 e. The van der Waals surface area contributed by atoms with Gasteiger partial charge in [0.05, 0.1) is 22.5 Å². The average molecular weight is 562 g/mol.